The van der Waals surface area contributed by atoms with Crippen molar-refractivity contribution in [1.29, 1.82) is 0 Å². The maximum atomic E-state index is 11.3. The minimum atomic E-state index is -0.215. The molecular formula is C24H24BrN5O. The van der Waals surface area contributed by atoms with Crippen molar-refractivity contribution >= 4 is 44.1 Å². The van der Waals surface area contributed by atoms with Crippen LogP contribution in [0.5, 0.6) is 0 Å². The molecule has 158 valence electrons. The Morgan fingerprint density at radius 3 is 2.58 bits per heavy atom. The van der Waals surface area contributed by atoms with E-state index in [1.54, 1.807) is 4.52 Å². The van der Waals surface area contributed by atoms with Crippen LogP contribution in [0.1, 0.15) is 43.7 Å². The van der Waals surface area contributed by atoms with Gasteiger partial charge in [0.05, 0.1) is 16.4 Å². The fourth-order valence-corrected chi connectivity index (χ4v) is 5.35. The Morgan fingerprint density at radius 1 is 1.10 bits per heavy atom. The lowest BCUT2D eigenvalue weighted by Crippen LogP contribution is -2.21. The van der Waals surface area contributed by atoms with Gasteiger partial charge >= 0.3 is 0 Å². The van der Waals surface area contributed by atoms with E-state index in [1.165, 1.54) is 10.8 Å². The number of nitrogen functional groups attached to an aromatic ring is 1. The fourth-order valence-electron chi connectivity index (χ4n) is 4.77. The van der Waals surface area contributed by atoms with Gasteiger partial charge in [-0.15, -0.1) is 0 Å². The SMILES string of the molecule is NC(=O)C[C@H]1CC[C@H](c2nc3c(-c4ccc5ccccc5c4)cnn3c(N)c2Br)CC1. The number of fused-ring (bicyclic) bond motifs is 2. The Labute approximate surface area is 188 Å². The molecule has 1 aliphatic carbocycles. The molecule has 2 aromatic carbocycles. The summed E-state index contributed by atoms with van der Waals surface area (Å²) in [7, 11) is 0. The van der Waals surface area contributed by atoms with Crippen LogP contribution in [0, 0.1) is 5.92 Å². The van der Waals surface area contributed by atoms with Crippen LogP contribution in [0.3, 0.4) is 0 Å². The Hall–Kier alpha value is -2.93. The van der Waals surface area contributed by atoms with Gasteiger partial charge in [0.15, 0.2) is 5.65 Å². The number of carbonyl (C=O) groups is 1. The number of aromatic nitrogens is 3. The highest BCUT2D eigenvalue weighted by Gasteiger charge is 2.28. The van der Waals surface area contributed by atoms with E-state index in [2.05, 4.69) is 51.4 Å². The van der Waals surface area contributed by atoms with Crippen LogP contribution in [0.2, 0.25) is 0 Å². The molecule has 31 heavy (non-hydrogen) atoms. The molecule has 0 aliphatic heterocycles. The van der Waals surface area contributed by atoms with Crippen LogP contribution in [0.25, 0.3) is 27.5 Å². The number of amides is 1. The second-order valence-electron chi connectivity index (χ2n) is 8.44. The molecule has 1 aliphatic rings. The minimum Gasteiger partial charge on any atom is -0.383 e. The number of hydrogen-bond acceptors (Lipinski definition) is 4. The van der Waals surface area contributed by atoms with Gasteiger partial charge in [-0.2, -0.15) is 9.61 Å². The Bertz CT molecular complexity index is 1290. The van der Waals surface area contributed by atoms with Gasteiger partial charge in [0.25, 0.3) is 0 Å². The maximum absolute atomic E-state index is 11.3. The minimum absolute atomic E-state index is 0.215. The standard InChI is InChI=1S/C24H24BrN5O/c25-21-22(16-7-5-14(6-8-16)11-20(26)31)29-24-19(13-28-30(24)23(21)27)18-10-9-15-3-1-2-4-17(15)12-18/h1-4,9-10,12-14,16H,5-8,11,27H2,(H2,26,31)/t14-,16-. The highest BCUT2D eigenvalue weighted by atomic mass is 79.9. The number of carbonyl (C=O) groups excluding carboxylic acids is 1. The third kappa shape index (κ3) is 3.67. The van der Waals surface area contributed by atoms with Gasteiger partial charge in [0, 0.05) is 17.9 Å². The van der Waals surface area contributed by atoms with Crippen LogP contribution in [-0.4, -0.2) is 20.5 Å². The molecule has 7 heteroatoms. The molecule has 0 spiro atoms. The number of halogens is 1. The number of nitrogens with zero attached hydrogens (tertiary/aromatic N) is 3. The molecule has 4 N–H and O–H groups in total. The summed E-state index contributed by atoms with van der Waals surface area (Å²) in [5, 5.41) is 6.89. The summed E-state index contributed by atoms with van der Waals surface area (Å²) in [5.41, 5.74) is 15.6. The summed E-state index contributed by atoms with van der Waals surface area (Å²) in [4.78, 5) is 16.3. The number of rotatable bonds is 4. The molecule has 4 aromatic rings. The molecule has 1 amide bonds. The first kappa shape index (κ1) is 20.0. The Morgan fingerprint density at radius 2 is 1.84 bits per heavy atom. The normalized spacial score (nSPS) is 19.1. The molecule has 1 fully saturated rings. The molecule has 2 aromatic heterocycles. The number of hydrogen-bond donors (Lipinski definition) is 2. The molecule has 0 bridgehead atoms. The average Bonchev–Trinajstić information content (AvgIpc) is 3.20. The first-order valence-electron chi connectivity index (χ1n) is 10.6. The van der Waals surface area contributed by atoms with E-state index in [4.69, 9.17) is 16.5 Å². The van der Waals surface area contributed by atoms with Gasteiger partial charge in [0.2, 0.25) is 5.91 Å². The summed E-state index contributed by atoms with van der Waals surface area (Å²) in [5.74, 6) is 1.01. The second-order valence-corrected chi connectivity index (χ2v) is 9.23. The summed E-state index contributed by atoms with van der Waals surface area (Å²) in [6, 6.07) is 14.7. The van der Waals surface area contributed by atoms with Crippen molar-refractivity contribution in [3.05, 3.63) is 58.8 Å². The summed E-state index contributed by atoms with van der Waals surface area (Å²) < 4.78 is 2.52. The predicted molar refractivity (Wildman–Crippen MR) is 127 cm³/mol. The largest absolute Gasteiger partial charge is 0.383 e. The first-order chi connectivity index (χ1) is 15.0. The molecule has 2 heterocycles. The number of anilines is 1. The molecular weight excluding hydrogens is 454 g/mol. The number of nitrogens with two attached hydrogens (primary N) is 2. The summed E-state index contributed by atoms with van der Waals surface area (Å²) >= 11 is 3.67. The topological polar surface area (TPSA) is 99.3 Å². The van der Waals surface area contributed by atoms with Gasteiger partial charge in [0.1, 0.15) is 5.82 Å². The maximum Gasteiger partial charge on any atom is 0.217 e. The lowest BCUT2D eigenvalue weighted by molar-refractivity contribution is -0.119. The number of primary amides is 1. The van der Waals surface area contributed by atoms with Gasteiger partial charge < -0.3 is 11.5 Å². The molecule has 0 radical (unpaired) electrons. The number of benzene rings is 2. The van der Waals surface area contributed by atoms with E-state index in [9.17, 15) is 4.79 Å². The zero-order valence-corrected chi connectivity index (χ0v) is 18.7. The van der Waals surface area contributed by atoms with Crippen molar-refractivity contribution in [2.45, 2.75) is 38.0 Å². The Kier molecular flexibility index (Phi) is 5.14. The molecule has 0 atom stereocenters. The predicted octanol–water partition coefficient (Wildman–Crippen LogP) is 5.04. The quantitative estimate of drug-likeness (QED) is 0.429. The summed E-state index contributed by atoms with van der Waals surface area (Å²) in [6.07, 6.45) is 6.20. The van der Waals surface area contributed by atoms with Gasteiger partial charge in [-0.25, -0.2) is 4.98 Å². The van der Waals surface area contributed by atoms with Crippen LogP contribution in [0.4, 0.5) is 5.82 Å². The van der Waals surface area contributed by atoms with E-state index in [0.717, 1.165) is 52.6 Å². The zero-order valence-electron chi connectivity index (χ0n) is 17.1. The monoisotopic (exact) mass is 477 g/mol. The smallest absolute Gasteiger partial charge is 0.217 e. The average molecular weight is 478 g/mol. The molecule has 5 rings (SSSR count). The first-order valence-corrected chi connectivity index (χ1v) is 11.4. The highest BCUT2D eigenvalue weighted by molar-refractivity contribution is 9.10. The van der Waals surface area contributed by atoms with Crippen molar-refractivity contribution in [1.82, 2.24) is 14.6 Å². The Balaban J connectivity index is 1.54. The zero-order chi connectivity index (χ0) is 21.5. The van der Waals surface area contributed by atoms with Gasteiger partial charge in [-0.1, -0.05) is 36.4 Å². The van der Waals surface area contributed by atoms with E-state index in [0.29, 0.717) is 24.1 Å². The van der Waals surface area contributed by atoms with Crippen LogP contribution in [-0.2, 0) is 4.79 Å². The second kappa shape index (κ2) is 7.96. The third-order valence-electron chi connectivity index (χ3n) is 6.43. The van der Waals surface area contributed by atoms with Crippen molar-refractivity contribution in [2.75, 3.05) is 5.73 Å². The lowest BCUT2D eigenvalue weighted by atomic mass is 9.79. The van der Waals surface area contributed by atoms with Crippen molar-refractivity contribution in [3.63, 3.8) is 0 Å². The van der Waals surface area contributed by atoms with Gasteiger partial charge in [-0.3, -0.25) is 4.79 Å². The van der Waals surface area contributed by atoms with E-state index < -0.39 is 0 Å². The highest BCUT2D eigenvalue weighted by Crippen LogP contribution is 2.41. The molecule has 0 unspecified atom stereocenters. The van der Waals surface area contributed by atoms with Crippen LogP contribution in [0.15, 0.2) is 53.1 Å². The molecule has 0 saturated heterocycles. The molecule has 1 saturated carbocycles. The van der Waals surface area contributed by atoms with Crippen LogP contribution >= 0.6 is 15.9 Å². The molecule has 6 nitrogen and oxygen atoms in total. The van der Waals surface area contributed by atoms with Crippen molar-refractivity contribution in [2.24, 2.45) is 11.7 Å². The van der Waals surface area contributed by atoms with Crippen molar-refractivity contribution in [3.8, 4) is 11.1 Å². The van der Waals surface area contributed by atoms with E-state index >= 15 is 0 Å². The van der Waals surface area contributed by atoms with Crippen LogP contribution < -0.4 is 11.5 Å². The fraction of sp³-hybridized carbons (Fsp3) is 0.292. The van der Waals surface area contributed by atoms with Gasteiger partial charge in [-0.05, 0) is 69.9 Å². The van der Waals surface area contributed by atoms with E-state index in [1.807, 2.05) is 18.3 Å². The third-order valence-corrected chi connectivity index (χ3v) is 7.24. The van der Waals surface area contributed by atoms with Crippen molar-refractivity contribution < 1.29 is 4.79 Å². The van der Waals surface area contributed by atoms with E-state index in [-0.39, 0.29) is 5.91 Å². The summed E-state index contributed by atoms with van der Waals surface area (Å²) in [6.45, 7) is 0. The lowest BCUT2D eigenvalue weighted by Gasteiger charge is -2.28.